The lowest BCUT2D eigenvalue weighted by Gasteiger charge is -2.22. The Hall–Kier alpha value is -2.24. The van der Waals surface area contributed by atoms with Crippen LogP contribution in [0.15, 0.2) is 53.6 Å². The molecule has 0 heterocycles. The number of anilines is 2. The Bertz CT molecular complexity index is 696. The first kappa shape index (κ1) is 19.1. The molecule has 7 heteroatoms. The number of nitrogens with zero attached hydrogens (tertiary/aromatic N) is 2. The average molecular weight is 379 g/mol. The number of rotatable bonds is 8. The molecule has 132 valence electrons. The van der Waals surface area contributed by atoms with Gasteiger partial charge in [0.05, 0.1) is 6.21 Å². The van der Waals surface area contributed by atoms with Crippen LogP contribution < -0.4 is 16.1 Å². The van der Waals surface area contributed by atoms with Crippen molar-refractivity contribution in [3.05, 3.63) is 59.7 Å². The highest BCUT2D eigenvalue weighted by atomic mass is 35.5. The Kier molecular flexibility index (Phi) is 7.57. The van der Waals surface area contributed by atoms with Gasteiger partial charge in [0.25, 0.3) is 5.91 Å². The first-order valence-corrected chi connectivity index (χ1v) is 8.87. The second-order valence-electron chi connectivity index (χ2n) is 5.28. The number of hydrogen-bond donors (Lipinski definition) is 2. The summed E-state index contributed by atoms with van der Waals surface area (Å²) >= 11 is 11.6. The molecule has 2 aromatic carbocycles. The second kappa shape index (κ2) is 9.91. The highest BCUT2D eigenvalue weighted by Crippen LogP contribution is 2.15. The summed E-state index contributed by atoms with van der Waals surface area (Å²) in [5.41, 5.74) is 11.1. The molecule has 2 rings (SSSR count). The summed E-state index contributed by atoms with van der Waals surface area (Å²) in [5, 5.41) is 3.98. The van der Waals surface area contributed by atoms with Crippen molar-refractivity contribution in [1.82, 2.24) is 5.43 Å². The summed E-state index contributed by atoms with van der Waals surface area (Å²) in [5.74, 6) is 0.789. The van der Waals surface area contributed by atoms with Crippen LogP contribution in [0.3, 0.4) is 0 Å². The van der Waals surface area contributed by atoms with Crippen molar-refractivity contribution in [2.75, 3.05) is 35.5 Å². The third-order valence-corrected chi connectivity index (χ3v) is 3.86. The molecule has 0 aliphatic heterocycles. The zero-order valence-electron chi connectivity index (χ0n) is 13.7. The topological polar surface area (TPSA) is 70.7 Å². The van der Waals surface area contributed by atoms with Crippen molar-refractivity contribution >= 4 is 46.7 Å². The van der Waals surface area contributed by atoms with Crippen molar-refractivity contribution in [3.8, 4) is 0 Å². The highest BCUT2D eigenvalue weighted by Gasteiger charge is 2.05. The third kappa shape index (κ3) is 5.96. The molecule has 0 saturated heterocycles. The van der Waals surface area contributed by atoms with E-state index in [1.807, 2.05) is 24.3 Å². The zero-order chi connectivity index (χ0) is 18.1. The van der Waals surface area contributed by atoms with Crippen molar-refractivity contribution in [1.29, 1.82) is 0 Å². The average Bonchev–Trinajstić information content (AvgIpc) is 2.62. The summed E-state index contributed by atoms with van der Waals surface area (Å²) in [6, 6.07) is 14.4. The number of nitrogen functional groups attached to an aromatic ring is 1. The van der Waals surface area contributed by atoms with Crippen LogP contribution in [0.4, 0.5) is 11.4 Å². The molecule has 0 saturated carbocycles. The molecule has 0 aromatic heterocycles. The minimum absolute atomic E-state index is 0.289. The summed E-state index contributed by atoms with van der Waals surface area (Å²) in [4.78, 5) is 14.1. The smallest absolute Gasteiger partial charge is 0.271 e. The summed E-state index contributed by atoms with van der Waals surface area (Å²) < 4.78 is 0. The zero-order valence-corrected chi connectivity index (χ0v) is 15.2. The second-order valence-corrected chi connectivity index (χ2v) is 6.03. The standard InChI is InChI=1S/C18H20Cl2N4O/c19-9-11-24(12-10-20)17-7-1-14(2-8-17)13-22-23-18(25)15-3-5-16(21)6-4-15/h1-8,13H,9-12,21H2,(H,23,25)/b22-13-. The quantitative estimate of drug-likeness (QED) is 0.320. The lowest BCUT2D eigenvalue weighted by molar-refractivity contribution is 0.0955. The lowest BCUT2D eigenvalue weighted by Crippen LogP contribution is -2.27. The maximum Gasteiger partial charge on any atom is 0.271 e. The maximum absolute atomic E-state index is 11.9. The molecule has 0 fully saturated rings. The predicted octanol–water partition coefficient (Wildman–Crippen LogP) is 3.32. The van der Waals surface area contributed by atoms with Crippen molar-refractivity contribution in [2.24, 2.45) is 5.10 Å². The number of benzene rings is 2. The van der Waals surface area contributed by atoms with Gasteiger partial charge in [-0.05, 0) is 42.0 Å². The number of amides is 1. The number of halogens is 2. The SMILES string of the molecule is Nc1ccc(C(=O)N/N=C\c2ccc(N(CCCl)CCCl)cc2)cc1. The van der Waals surface area contributed by atoms with Gasteiger partial charge < -0.3 is 10.6 Å². The molecule has 0 spiro atoms. The first-order chi connectivity index (χ1) is 12.1. The molecule has 0 aliphatic carbocycles. The van der Waals surface area contributed by atoms with E-state index in [1.165, 1.54) is 0 Å². The van der Waals surface area contributed by atoms with Crippen LogP contribution in [0.25, 0.3) is 0 Å². The fourth-order valence-electron chi connectivity index (χ4n) is 2.21. The molecule has 0 unspecified atom stereocenters. The molecule has 0 aliphatic rings. The summed E-state index contributed by atoms with van der Waals surface area (Å²) in [7, 11) is 0. The van der Waals surface area contributed by atoms with Gasteiger partial charge in [-0.2, -0.15) is 5.10 Å². The van der Waals surface area contributed by atoms with Crippen LogP contribution in [0.2, 0.25) is 0 Å². The number of hydrogen-bond acceptors (Lipinski definition) is 4. The highest BCUT2D eigenvalue weighted by molar-refractivity contribution is 6.18. The molecular formula is C18H20Cl2N4O. The number of alkyl halides is 2. The molecule has 0 radical (unpaired) electrons. The molecule has 0 bridgehead atoms. The van der Waals surface area contributed by atoms with E-state index in [4.69, 9.17) is 28.9 Å². The molecule has 25 heavy (non-hydrogen) atoms. The largest absolute Gasteiger partial charge is 0.399 e. The van der Waals surface area contributed by atoms with Crippen LogP contribution in [-0.4, -0.2) is 37.0 Å². The third-order valence-electron chi connectivity index (χ3n) is 3.52. The van der Waals surface area contributed by atoms with Gasteiger partial charge in [0.1, 0.15) is 0 Å². The molecule has 1 amide bonds. The minimum Gasteiger partial charge on any atom is -0.399 e. The molecule has 2 aromatic rings. The number of carbonyl (C=O) groups is 1. The van der Waals surface area contributed by atoms with Crippen molar-refractivity contribution in [3.63, 3.8) is 0 Å². The van der Waals surface area contributed by atoms with Crippen LogP contribution >= 0.6 is 23.2 Å². The summed E-state index contributed by atoms with van der Waals surface area (Å²) in [6.45, 7) is 1.47. The van der Waals surface area contributed by atoms with E-state index >= 15 is 0 Å². The minimum atomic E-state index is -0.289. The van der Waals surface area contributed by atoms with E-state index in [-0.39, 0.29) is 5.91 Å². The lowest BCUT2D eigenvalue weighted by atomic mass is 10.2. The summed E-state index contributed by atoms with van der Waals surface area (Å²) in [6.07, 6.45) is 1.59. The van der Waals surface area contributed by atoms with E-state index in [1.54, 1.807) is 30.5 Å². The van der Waals surface area contributed by atoms with Crippen LogP contribution in [0.1, 0.15) is 15.9 Å². The van der Waals surface area contributed by atoms with Gasteiger partial charge in [0, 0.05) is 41.8 Å². The van der Waals surface area contributed by atoms with Gasteiger partial charge in [0.15, 0.2) is 0 Å². The number of hydrazone groups is 1. The van der Waals surface area contributed by atoms with Crippen LogP contribution in [0, 0.1) is 0 Å². The fraction of sp³-hybridized carbons (Fsp3) is 0.222. The van der Waals surface area contributed by atoms with Gasteiger partial charge in [-0.25, -0.2) is 5.43 Å². The number of carbonyl (C=O) groups excluding carboxylic acids is 1. The first-order valence-electron chi connectivity index (χ1n) is 7.80. The maximum atomic E-state index is 11.9. The Morgan fingerprint density at radius 2 is 1.64 bits per heavy atom. The van der Waals surface area contributed by atoms with E-state index in [0.29, 0.717) is 23.0 Å². The Morgan fingerprint density at radius 1 is 1.04 bits per heavy atom. The molecule has 0 atom stereocenters. The normalized spacial score (nSPS) is 10.8. The van der Waals surface area contributed by atoms with E-state index < -0.39 is 0 Å². The van der Waals surface area contributed by atoms with Crippen LogP contribution in [-0.2, 0) is 0 Å². The Balaban J connectivity index is 1.94. The van der Waals surface area contributed by atoms with Gasteiger partial charge in [-0.15, -0.1) is 23.2 Å². The molecule has 5 nitrogen and oxygen atoms in total. The van der Waals surface area contributed by atoms with Gasteiger partial charge in [-0.1, -0.05) is 12.1 Å². The van der Waals surface area contributed by atoms with Crippen molar-refractivity contribution < 1.29 is 4.79 Å². The number of nitrogens with two attached hydrogens (primary N) is 1. The van der Waals surface area contributed by atoms with E-state index in [2.05, 4.69) is 15.4 Å². The van der Waals surface area contributed by atoms with Crippen molar-refractivity contribution in [2.45, 2.75) is 0 Å². The van der Waals surface area contributed by atoms with Gasteiger partial charge in [-0.3, -0.25) is 4.79 Å². The van der Waals surface area contributed by atoms with E-state index in [0.717, 1.165) is 24.3 Å². The van der Waals surface area contributed by atoms with E-state index in [9.17, 15) is 4.79 Å². The number of nitrogens with one attached hydrogen (secondary N) is 1. The predicted molar refractivity (Wildman–Crippen MR) is 106 cm³/mol. The Labute approximate surface area is 157 Å². The van der Waals surface area contributed by atoms with Crippen LogP contribution in [0.5, 0.6) is 0 Å². The van der Waals surface area contributed by atoms with Gasteiger partial charge in [0.2, 0.25) is 0 Å². The molecule has 3 N–H and O–H groups in total. The Morgan fingerprint density at radius 3 is 2.20 bits per heavy atom. The fourth-order valence-corrected chi connectivity index (χ4v) is 2.62. The monoisotopic (exact) mass is 378 g/mol. The van der Waals surface area contributed by atoms with Gasteiger partial charge >= 0.3 is 0 Å². The molecular weight excluding hydrogens is 359 g/mol.